The topological polar surface area (TPSA) is 38.8 Å². The van der Waals surface area contributed by atoms with E-state index in [1.165, 1.54) is 5.56 Å². The van der Waals surface area contributed by atoms with Gasteiger partial charge in [0, 0.05) is 12.2 Å². The molecule has 1 amide bonds. The van der Waals surface area contributed by atoms with Crippen molar-refractivity contribution >= 4 is 11.6 Å². The van der Waals surface area contributed by atoms with Crippen LogP contribution in [0.1, 0.15) is 12.5 Å². The number of hydrogen-bond donors (Lipinski definition) is 0. The van der Waals surface area contributed by atoms with Crippen LogP contribution < -0.4 is 14.4 Å². The Kier molecular flexibility index (Phi) is 4.00. The van der Waals surface area contributed by atoms with Crippen molar-refractivity contribution in [3.8, 4) is 11.5 Å². The summed E-state index contributed by atoms with van der Waals surface area (Å²) in [6.45, 7) is 2.48. The van der Waals surface area contributed by atoms with Crippen LogP contribution in [0.5, 0.6) is 11.5 Å². The van der Waals surface area contributed by atoms with Crippen LogP contribution in [0.2, 0.25) is 0 Å². The van der Waals surface area contributed by atoms with Crippen LogP contribution in [0, 0.1) is 0 Å². The molecule has 3 rings (SSSR count). The Hall–Kier alpha value is -2.49. The first-order valence-electron chi connectivity index (χ1n) is 7.39. The van der Waals surface area contributed by atoms with E-state index < -0.39 is 6.10 Å². The first-order valence-corrected chi connectivity index (χ1v) is 7.39. The van der Waals surface area contributed by atoms with Gasteiger partial charge < -0.3 is 14.4 Å². The average molecular weight is 297 g/mol. The molecular weight excluding hydrogens is 278 g/mol. The predicted octanol–water partition coefficient (Wildman–Crippen LogP) is 3.05. The molecule has 114 valence electrons. The third kappa shape index (κ3) is 2.64. The number of hydrogen-bond acceptors (Lipinski definition) is 3. The monoisotopic (exact) mass is 297 g/mol. The summed E-state index contributed by atoms with van der Waals surface area (Å²) in [5.74, 6) is 1.18. The highest BCUT2D eigenvalue weighted by molar-refractivity contribution is 5.98. The van der Waals surface area contributed by atoms with E-state index in [0.717, 1.165) is 12.1 Å². The third-order valence-electron chi connectivity index (χ3n) is 3.87. The van der Waals surface area contributed by atoms with Gasteiger partial charge in [-0.3, -0.25) is 4.79 Å². The zero-order valence-corrected chi connectivity index (χ0v) is 12.8. The number of benzene rings is 2. The summed E-state index contributed by atoms with van der Waals surface area (Å²) in [5, 5.41) is 0. The zero-order valence-electron chi connectivity index (χ0n) is 12.8. The molecule has 0 fully saturated rings. The van der Waals surface area contributed by atoms with Crippen molar-refractivity contribution in [2.75, 3.05) is 18.6 Å². The van der Waals surface area contributed by atoms with Crippen LogP contribution in [0.25, 0.3) is 0 Å². The Labute approximate surface area is 130 Å². The summed E-state index contributed by atoms with van der Waals surface area (Å²) in [5.41, 5.74) is 2.20. The smallest absolute Gasteiger partial charge is 0.267 e. The summed E-state index contributed by atoms with van der Waals surface area (Å²) < 4.78 is 11.1. The SMILES string of the molecule is COc1ccccc1O[C@@H](C)C(=O)N1CCc2ccccc21. The second-order valence-electron chi connectivity index (χ2n) is 5.28. The van der Waals surface area contributed by atoms with E-state index in [1.54, 1.807) is 25.0 Å². The minimum absolute atomic E-state index is 0.0316. The number of anilines is 1. The first kappa shape index (κ1) is 14.4. The van der Waals surface area contributed by atoms with Crippen molar-refractivity contribution in [3.05, 3.63) is 54.1 Å². The van der Waals surface area contributed by atoms with Gasteiger partial charge in [-0.05, 0) is 37.1 Å². The summed E-state index contributed by atoms with van der Waals surface area (Å²) in [4.78, 5) is 14.5. The van der Waals surface area contributed by atoms with Gasteiger partial charge in [0.2, 0.25) is 0 Å². The van der Waals surface area contributed by atoms with Gasteiger partial charge in [0.15, 0.2) is 17.6 Å². The predicted molar refractivity (Wildman–Crippen MR) is 85.6 cm³/mol. The van der Waals surface area contributed by atoms with Gasteiger partial charge in [-0.2, -0.15) is 0 Å². The number of para-hydroxylation sites is 3. The lowest BCUT2D eigenvalue weighted by Crippen LogP contribution is -2.39. The van der Waals surface area contributed by atoms with Gasteiger partial charge in [0.05, 0.1) is 7.11 Å². The number of rotatable bonds is 4. The van der Waals surface area contributed by atoms with Crippen LogP contribution in [0.3, 0.4) is 0 Å². The minimum atomic E-state index is -0.567. The molecule has 4 nitrogen and oxygen atoms in total. The second-order valence-corrected chi connectivity index (χ2v) is 5.28. The molecule has 0 N–H and O–H groups in total. The van der Waals surface area contributed by atoms with Crippen molar-refractivity contribution in [2.45, 2.75) is 19.4 Å². The molecule has 2 aromatic rings. The van der Waals surface area contributed by atoms with E-state index in [-0.39, 0.29) is 5.91 Å². The minimum Gasteiger partial charge on any atom is -0.493 e. The van der Waals surface area contributed by atoms with Gasteiger partial charge in [0.1, 0.15) is 0 Å². The van der Waals surface area contributed by atoms with Gasteiger partial charge in [-0.25, -0.2) is 0 Å². The van der Waals surface area contributed by atoms with Crippen LogP contribution in [-0.2, 0) is 11.2 Å². The van der Waals surface area contributed by atoms with Crippen LogP contribution in [-0.4, -0.2) is 25.7 Å². The number of carbonyl (C=O) groups is 1. The lowest BCUT2D eigenvalue weighted by molar-refractivity contribution is -0.124. The van der Waals surface area contributed by atoms with Crippen molar-refractivity contribution in [1.82, 2.24) is 0 Å². The van der Waals surface area contributed by atoms with Crippen molar-refractivity contribution in [3.63, 3.8) is 0 Å². The molecule has 0 saturated heterocycles. The fraction of sp³-hybridized carbons (Fsp3) is 0.278. The zero-order chi connectivity index (χ0) is 15.5. The van der Waals surface area contributed by atoms with E-state index >= 15 is 0 Å². The molecule has 0 spiro atoms. The molecular formula is C18H19NO3. The molecule has 0 bridgehead atoms. The van der Waals surface area contributed by atoms with Crippen molar-refractivity contribution < 1.29 is 14.3 Å². The molecule has 1 aliphatic heterocycles. The van der Waals surface area contributed by atoms with Crippen molar-refractivity contribution in [2.24, 2.45) is 0 Å². The summed E-state index contributed by atoms with van der Waals surface area (Å²) in [6.07, 6.45) is 0.325. The van der Waals surface area contributed by atoms with Crippen LogP contribution >= 0.6 is 0 Å². The number of amides is 1. The Bertz CT molecular complexity index is 684. The molecule has 2 aromatic carbocycles. The maximum Gasteiger partial charge on any atom is 0.267 e. The number of methoxy groups -OCH3 is 1. The standard InChI is InChI=1S/C18H19NO3/c1-13(22-17-10-6-5-9-16(17)21-2)18(20)19-12-11-14-7-3-4-8-15(14)19/h3-10,13H,11-12H2,1-2H3/t13-/m0/s1. The lowest BCUT2D eigenvalue weighted by Gasteiger charge is -2.23. The summed E-state index contributed by atoms with van der Waals surface area (Å²) in [7, 11) is 1.59. The molecule has 1 aliphatic rings. The molecule has 1 atom stereocenters. The fourth-order valence-corrected chi connectivity index (χ4v) is 2.74. The summed E-state index contributed by atoms with van der Waals surface area (Å²) >= 11 is 0. The lowest BCUT2D eigenvalue weighted by atomic mass is 10.2. The van der Waals surface area contributed by atoms with Crippen LogP contribution in [0.15, 0.2) is 48.5 Å². The van der Waals surface area contributed by atoms with Gasteiger partial charge in [-0.15, -0.1) is 0 Å². The quantitative estimate of drug-likeness (QED) is 0.870. The van der Waals surface area contributed by atoms with Gasteiger partial charge in [-0.1, -0.05) is 30.3 Å². The van der Waals surface area contributed by atoms with Gasteiger partial charge in [0.25, 0.3) is 5.91 Å². The Morgan fingerprint density at radius 1 is 1.09 bits per heavy atom. The molecule has 0 radical (unpaired) electrons. The highest BCUT2D eigenvalue weighted by atomic mass is 16.5. The molecule has 1 heterocycles. The van der Waals surface area contributed by atoms with E-state index in [4.69, 9.17) is 9.47 Å². The highest BCUT2D eigenvalue weighted by Crippen LogP contribution is 2.30. The molecule has 0 unspecified atom stereocenters. The largest absolute Gasteiger partial charge is 0.493 e. The number of ether oxygens (including phenoxy) is 2. The average Bonchev–Trinajstić information content (AvgIpc) is 2.98. The van der Waals surface area contributed by atoms with E-state index in [1.807, 2.05) is 36.4 Å². The van der Waals surface area contributed by atoms with E-state index in [0.29, 0.717) is 18.0 Å². The van der Waals surface area contributed by atoms with E-state index in [2.05, 4.69) is 6.07 Å². The molecule has 0 saturated carbocycles. The number of nitrogens with zero attached hydrogens (tertiary/aromatic N) is 1. The normalized spacial score (nSPS) is 14.4. The fourth-order valence-electron chi connectivity index (χ4n) is 2.74. The third-order valence-corrected chi connectivity index (χ3v) is 3.87. The van der Waals surface area contributed by atoms with Gasteiger partial charge >= 0.3 is 0 Å². The molecule has 0 aromatic heterocycles. The number of fused-ring (bicyclic) bond motifs is 1. The Morgan fingerprint density at radius 3 is 2.55 bits per heavy atom. The molecule has 0 aliphatic carbocycles. The van der Waals surface area contributed by atoms with Crippen LogP contribution in [0.4, 0.5) is 5.69 Å². The maximum absolute atomic E-state index is 12.7. The van der Waals surface area contributed by atoms with E-state index in [9.17, 15) is 4.79 Å². The molecule has 4 heteroatoms. The maximum atomic E-state index is 12.7. The highest BCUT2D eigenvalue weighted by Gasteiger charge is 2.29. The first-order chi connectivity index (χ1) is 10.7. The number of carbonyl (C=O) groups excluding carboxylic acids is 1. The second kappa shape index (κ2) is 6.10. The molecule has 22 heavy (non-hydrogen) atoms. The van der Waals surface area contributed by atoms with Crippen molar-refractivity contribution in [1.29, 1.82) is 0 Å². The summed E-state index contributed by atoms with van der Waals surface area (Å²) in [6, 6.07) is 15.4. The Balaban J connectivity index is 1.76. The Morgan fingerprint density at radius 2 is 1.77 bits per heavy atom.